The fraction of sp³-hybridized carbons (Fsp3) is 0.800. The van der Waals surface area contributed by atoms with Gasteiger partial charge < -0.3 is 23.6 Å². The molecule has 0 unspecified atom stereocenters. The van der Waals surface area contributed by atoms with Crippen LogP contribution in [-0.2, 0) is 4.79 Å². The van der Waals surface area contributed by atoms with Crippen molar-refractivity contribution >= 4 is 12.9 Å². The molecule has 0 spiro atoms. The normalized spacial score (nSPS) is 11.2. The Morgan fingerprint density at radius 1 is 1.46 bits per heavy atom. The van der Waals surface area contributed by atoms with Gasteiger partial charge in [-0.1, -0.05) is 6.92 Å². The minimum absolute atomic E-state index is 0. The quantitative estimate of drug-likeness (QED) is 0.510. The second-order valence-corrected chi connectivity index (χ2v) is 2.50. The van der Waals surface area contributed by atoms with E-state index in [9.17, 15) is 17.7 Å². The van der Waals surface area contributed by atoms with Gasteiger partial charge in [0, 0.05) is 0 Å². The van der Waals surface area contributed by atoms with Crippen LogP contribution in [0.3, 0.4) is 0 Å². The number of nitrogens with zero attached hydrogens (tertiary/aromatic N) is 1. The molecule has 8 heteroatoms. The van der Waals surface area contributed by atoms with Crippen molar-refractivity contribution in [3.63, 3.8) is 0 Å². The molecule has 13 heavy (non-hydrogen) atoms. The predicted molar refractivity (Wildman–Crippen MR) is 40.4 cm³/mol. The number of nitrogens with two attached hydrogens (primary N) is 1. The average Bonchev–Trinajstić information content (AvgIpc) is 1.82. The first-order valence-corrected chi connectivity index (χ1v) is 3.57. The number of hydrogen-bond acceptors (Lipinski definition) is 2. The fourth-order valence-corrected chi connectivity index (χ4v) is 0.819. The molecular weight excluding hydrogens is 211 g/mol. The number of halogens is 3. The summed E-state index contributed by atoms with van der Waals surface area (Å²) in [5.41, 5.74) is 4.75. The minimum Gasteiger partial charge on any atom is -0.448 e. The maximum atomic E-state index is 11.8. The van der Waals surface area contributed by atoms with Crippen LogP contribution in [0.4, 0.5) is 12.9 Å². The van der Waals surface area contributed by atoms with Gasteiger partial charge in [0.05, 0.1) is 6.54 Å². The summed E-state index contributed by atoms with van der Waals surface area (Å²) in [5, 5.41) is 0. The van der Waals surface area contributed by atoms with Gasteiger partial charge in [-0.05, 0) is 13.0 Å². The molecule has 0 aromatic carbocycles. The van der Waals surface area contributed by atoms with Gasteiger partial charge in [-0.2, -0.15) is 0 Å². The van der Waals surface area contributed by atoms with Crippen molar-refractivity contribution in [1.82, 2.24) is 4.90 Å². The average molecular weight is 222 g/mol. The molecule has 0 aromatic rings. The van der Waals surface area contributed by atoms with E-state index in [1.165, 1.54) is 0 Å². The number of primary amides is 1. The summed E-state index contributed by atoms with van der Waals surface area (Å²) in [4.78, 5) is 11.2. The molecule has 0 bridgehead atoms. The molecule has 0 heterocycles. The van der Waals surface area contributed by atoms with Crippen LogP contribution >= 0.6 is 0 Å². The van der Waals surface area contributed by atoms with E-state index in [2.05, 4.69) is 0 Å². The van der Waals surface area contributed by atoms with E-state index in [1.54, 1.807) is 6.92 Å². The van der Waals surface area contributed by atoms with Crippen LogP contribution in [0.1, 0.15) is 6.92 Å². The maximum absolute atomic E-state index is 11.8. The number of hydrogen-bond donors (Lipinski definition) is 1. The Balaban J connectivity index is 0. The van der Waals surface area contributed by atoms with Gasteiger partial charge in [0.2, 0.25) is 5.91 Å². The smallest absolute Gasteiger partial charge is 0.448 e. The predicted octanol–water partition coefficient (Wildman–Crippen LogP) is -2.82. The van der Waals surface area contributed by atoms with Gasteiger partial charge in [-0.3, -0.25) is 4.79 Å². The van der Waals surface area contributed by atoms with E-state index in [0.717, 1.165) is 4.90 Å². The monoisotopic (exact) mass is 222 g/mol. The topological polar surface area (TPSA) is 46.3 Å². The van der Waals surface area contributed by atoms with Crippen LogP contribution in [0.5, 0.6) is 0 Å². The third-order valence-corrected chi connectivity index (χ3v) is 1.29. The Kier molecular flexibility index (Phi) is 9.11. The van der Waals surface area contributed by atoms with Crippen LogP contribution in [0, 0.1) is 0 Å². The number of rotatable bonds is 5. The Morgan fingerprint density at radius 3 is 2.15 bits per heavy atom. The van der Waals surface area contributed by atoms with E-state index in [1.807, 2.05) is 0 Å². The summed E-state index contributed by atoms with van der Waals surface area (Å²) >= 11 is 0. The van der Waals surface area contributed by atoms with E-state index in [-0.39, 0.29) is 64.5 Å². The van der Waals surface area contributed by atoms with Crippen molar-refractivity contribution in [2.24, 2.45) is 5.73 Å². The standard InChI is InChI=1S/C5H11BF3N2O.K/c1-2-11(3-5(10)12)4-6(7,8)9;/h2-4H2,1H3,(H2,10,12);/q-1;+1. The molecule has 0 aromatic heterocycles. The summed E-state index contributed by atoms with van der Waals surface area (Å²) in [6, 6.07) is 0. The molecule has 0 aliphatic heterocycles. The Labute approximate surface area is 118 Å². The fourth-order valence-electron chi connectivity index (χ4n) is 0.819. The molecule has 0 saturated carbocycles. The van der Waals surface area contributed by atoms with Gasteiger partial charge >= 0.3 is 58.4 Å². The summed E-state index contributed by atoms with van der Waals surface area (Å²) < 4.78 is 35.4. The molecule has 0 aliphatic carbocycles. The molecule has 0 radical (unpaired) electrons. The summed E-state index contributed by atoms with van der Waals surface area (Å²) in [6.45, 7) is -3.48. The molecule has 0 saturated heterocycles. The van der Waals surface area contributed by atoms with E-state index < -0.39 is 19.3 Å². The van der Waals surface area contributed by atoms with Crippen LogP contribution in [0.15, 0.2) is 0 Å². The minimum atomic E-state index is -4.87. The van der Waals surface area contributed by atoms with Crippen molar-refractivity contribution < 1.29 is 69.1 Å². The number of amides is 1. The molecule has 3 nitrogen and oxygen atoms in total. The number of likely N-dealkylation sites (N-methyl/N-ethyl adjacent to an activating group) is 1. The molecule has 72 valence electrons. The third-order valence-electron chi connectivity index (χ3n) is 1.29. The number of carbonyl (C=O) groups is 1. The molecule has 0 aliphatic rings. The Morgan fingerprint density at radius 2 is 1.92 bits per heavy atom. The van der Waals surface area contributed by atoms with Crippen LogP contribution in [-0.4, -0.2) is 37.3 Å². The molecule has 0 fully saturated rings. The maximum Gasteiger partial charge on any atom is 1.00 e. The zero-order valence-corrected chi connectivity index (χ0v) is 10.9. The van der Waals surface area contributed by atoms with Crippen molar-refractivity contribution in [2.75, 3.05) is 19.5 Å². The molecule has 2 N–H and O–H groups in total. The summed E-state index contributed by atoms with van der Waals surface area (Å²) in [6.07, 6.45) is -1.03. The van der Waals surface area contributed by atoms with E-state index >= 15 is 0 Å². The van der Waals surface area contributed by atoms with Gasteiger partial charge in [-0.15, -0.1) is 0 Å². The zero-order chi connectivity index (χ0) is 9.78. The third kappa shape index (κ3) is 10.8. The zero-order valence-electron chi connectivity index (χ0n) is 7.77. The van der Waals surface area contributed by atoms with Crippen LogP contribution < -0.4 is 57.1 Å². The molecule has 0 atom stereocenters. The molecule has 1 amide bonds. The largest absolute Gasteiger partial charge is 1.00 e. The first-order valence-electron chi connectivity index (χ1n) is 3.57. The summed E-state index contributed by atoms with van der Waals surface area (Å²) in [5.74, 6) is -0.739. The van der Waals surface area contributed by atoms with Crippen molar-refractivity contribution in [3.8, 4) is 0 Å². The second kappa shape index (κ2) is 7.24. The molecular formula is C5H11BF3KN2O. The number of carbonyl (C=O) groups excluding carboxylic acids is 1. The first kappa shape index (κ1) is 16.4. The van der Waals surface area contributed by atoms with Crippen molar-refractivity contribution in [2.45, 2.75) is 6.92 Å². The van der Waals surface area contributed by atoms with E-state index in [0.29, 0.717) is 0 Å². The van der Waals surface area contributed by atoms with Crippen LogP contribution in [0.2, 0.25) is 0 Å². The Hall–Kier alpha value is 0.921. The van der Waals surface area contributed by atoms with Crippen molar-refractivity contribution in [1.29, 1.82) is 0 Å². The SMILES string of the molecule is CCN(CC(N)=O)C[B-](F)(F)F.[K+]. The summed E-state index contributed by atoms with van der Waals surface area (Å²) in [7, 11) is 0. The first-order chi connectivity index (χ1) is 5.35. The van der Waals surface area contributed by atoms with Gasteiger partial charge in [0.25, 0.3) is 0 Å². The van der Waals surface area contributed by atoms with Gasteiger partial charge in [-0.25, -0.2) is 0 Å². The molecule has 0 rings (SSSR count). The van der Waals surface area contributed by atoms with Gasteiger partial charge in [0.15, 0.2) is 0 Å². The van der Waals surface area contributed by atoms with Crippen LogP contribution in [0.25, 0.3) is 0 Å². The van der Waals surface area contributed by atoms with Crippen molar-refractivity contribution in [3.05, 3.63) is 0 Å². The van der Waals surface area contributed by atoms with E-state index in [4.69, 9.17) is 5.73 Å². The van der Waals surface area contributed by atoms with Gasteiger partial charge in [0.1, 0.15) is 0 Å². The second-order valence-electron chi connectivity index (χ2n) is 2.50. The Bertz CT molecular complexity index is 166.